The number of carbonyl (C=O) groups excluding carboxylic acids is 1. The van der Waals surface area contributed by atoms with E-state index in [1.165, 1.54) is 18.3 Å². The molecule has 1 aromatic heterocycles. The highest BCUT2D eigenvalue weighted by Gasteiger charge is 2.08. The number of rotatable bonds is 2. The summed E-state index contributed by atoms with van der Waals surface area (Å²) >= 11 is 6.02. The Kier molecular flexibility index (Phi) is 2.72. The number of hydrogen-bond acceptors (Lipinski definition) is 4. The molecule has 64 valence electrons. The molecular formula is C6H7N3OS2. The lowest BCUT2D eigenvalue weighted by Gasteiger charge is -1.99. The average molecular weight is 201 g/mol. The Bertz CT molecular complexity index is 320. The zero-order chi connectivity index (χ0) is 9.14. The van der Waals surface area contributed by atoms with Gasteiger partial charge in [0.2, 0.25) is 5.91 Å². The van der Waals surface area contributed by atoms with Crippen LogP contribution >= 0.6 is 23.6 Å². The van der Waals surface area contributed by atoms with Crippen molar-refractivity contribution in [3.05, 3.63) is 11.2 Å². The molecule has 0 aliphatic carbocycles. The Morgan fingerprint density at radius 2 is 2.50 bits per heavy atom. The molecule has 4 nitrogen and oxygen atoms in total. The third-order valence-corrected chi connectivity index (χ3v) is 2.03. The first-order valence-electron chi connectivity index (χ1n) is 3.12. The van der Waals surface area contributed by atoms with Crippen molar-refractivity contribution in [3.63, 3.8) is 0 Å². The van der Waals surface area contributed by atoms with Crippen LogP contribution in [0.3, 0.4) is 0 Å². The van der Waals surface area contributed by atoms with Gasteiger partial charge in [-0.15, -0.1) is 11.3 Å². The Labute approximate surface area is 78.8 Å². The van der Waals surface area contributed by atoms with Crippen LogP contribution in [0.4, 0.5) is 5.00 Å². The summed E-state index contributed by atoms with van der Waals surface area (Å²) in [6, 6.07) is 0. The first kappa shape index (κ1) is 9.08. The van der Waals surface area contributed by atoms with Crippen molar-refractivity contribution in [1.29, 1.82) is 0 Å². The Balaban J connectivity index is 2.91. The van der Waals surface area contributed by atoms with Crippen molar-refractivity contribution in [2.75, 3.05) is 5.32 Å². The summed E-state index contributed by atoms with van der Waals surface area (Å²) in [7, 11) is 0. The maximum Gasteiger partial charge on any atom is 0.221 e. The quantitative estimate of drug-likeness (QED) is 0.692. The fourth-order valence-electron chi connectivity index (χ4n) is 0.670. The van der Waals surface area contributed by atoms with Crippen LogP contribution in [0.2, 0.25) is 0 Å². The molecule has 0 unspecified atom stereocenters. The maximum atomic E-state index is 10.7. The van der Waals surface area contributed by atoms with Gasteiger partial charge in [0.15, 0.2) is 0 Å². The standard InChI is InChI=1S/C6H7N3OS2/c1-3(10)9-6-4(5(7)11)8-2-12-6/h2H,1H3,(H2,7,11)(H,9,10). The molecule has 0 aromatic carbocycles. The van der Waals surface area contributed by atoms with Gasteiger partial charge in [0.25, 0.3) is 0 Å². The second-order valence-corrected chi connectivity index (χ2v) is 3.37. The summed E-state index contributed by atoms with van der Waals surface area (Å²) in [6.07, 6.45) is 0. The van der Waals surface area contributed by atoms with Crippen LogP contribution in [-0.4, -0.2) is 15.9 Å². The van der Waals surface area contributed by atoms with Gasteiger partial charge in [-0.05, 0) is 0 Å². The van der Waals surface area contributed by atoms with Gasteiger partial charge in [-0.3, -0.25) is 4.79 Å². The molecule has 0 spiro atoms. The van der Waals surface area contributed by atoms with Gasteiger partial charge >= 0.3 is 0 Å². The molecule has 0 bridgehead atoms. The summed E-state index contributed by atoms with van der Waals surface area (Å²) in [5.74, 6) is -0.156. The van der Waals surface area contributed by atoms with Crippen LogP contribution in [0.5, 0.6) is 0 Å². The minimum absolute atomic E-state index is 0.156. The molecule has 0 aliphatic heterocycles. The number of carbonyl (C=O) groups is 1. The molecule has 1 amide bonds. The largest absolute Gasteiger partial charge is 0.388 e. The fourth-order valence-corrected chi connectivity index (χ4v) is 1.63. The fraction of sp³-hybridized carbons (Fsp3) is 0.167. The van der Waals surface area contributed by atoms with Gasteiger partial charge in [-0.25, -0.2) is 4.98 Å². The van der Waals surface area contributed by atoms with E-state index in [2.05, 4.69) is 10.3 Å². The Hall–Kier alpha value is -1.01. The van der Waals surface area contributed by atoms with Crippen molar-refractivity contribution in [2.24, 2.45) is 5.73 Å². The molecule has 12 heavy (non-hydrogen) atoms. The van der Waals surface area contributed by atoms with Gasteiger partial charge in [0.05, 0.1) is 5.51 Å². The van der Waals surface area contributed by atoms with Crippen molar-refractivity contribution in [3.8, 4) is 0 Å². The highest BCUT2D eigenvalue weighted by atomic mass is 32.1. The van der Waals surface area contributed by atoms with E-state index in [-0.39, 0.29) is 10.9 Å². The van der Waals surface area contributed by atoms with E-state index in [4.69, 9.17) is 18.0 Å². The molecule has 0 aliphatic rings. The molecule has 0 saturated carbocycles. The molecule has 0 atom stereocenters. The second-order valence-electron chi connectivity index (χ2n) is 2.08. The first-order chi connectivity index (χ1) is 5.61. The minimum Gasteiger partial charge on any atom is -0.388 e. The second kappa shape index (κ2) is 3.59. The number of nitrogens with two attached hydrogens (primary N) is 1. The molecule has 0 fully saturated rings. The number of hydrogen-bond donors (Lipinski definition) is 2. The van der Waals surface area contributed by atoms with E-state index in [0.29, 0.717) is 10.7 Å². The van der Waals surface area contributed by atoms with Crippen molar-refractivity contribution >= 4 is 39.5 Å². The average Bonchev–Trinajstić information content (AvgIpc) is 2.33. The summed E-state index contributed by atoms with van der Waals surface area (Å²) in [6.45, 7) is 1.42. The number of aromatic nitrogens is 1. The van der Waals surface area contributed by atoms with Gasteiger partial charge in [-0.2, -0.15) is 0 Å². The van der Waals surface area contributed by atoms with Crippen molar-refractivity contribution in [2.45, 2.75) is 6.92 Å². The number of thiazole rings is 1. The summed E-state index contributed by atoms with van der Waals surface area (Å²) in [5, 5.41) is 3.19. The van der Waals surface area contributed by atoms with Crippen LogP contribution in [-0.2, 0) is 4.79 Å². The van der Waals surface area contributed by atoms with Gasteiger partial charge in [0, 0.05) is 6.92 Å². The topological polar surface area (TPSA) is 68.0 Å². The van der Waals surface area contributed by atoms with Crippen LogP contribution in [0, 0.1) is 0 Å². The number of nitrogens with one attached hydrogen (secondary N) is 1. The normalized spacial score (nSPS) is 9.42. The highest BCUT2D eigenvalue weighted by molar-refractivity contribution is 7.80. The molecule has 1 rings (SSSR count). The number of thiocarbonyl (C=S) groups is 1. The molecule has 6 heteroatoms. The predicted molar refractivity (Wildman–Crippen MR) is 52.3 cm³/mol. The van der Waals surface area contributed by atoms with Gasteiger partial charge in [-0.1, -0.05) is 12.2 Å². The number of nitrogens with zero attached hydrogens (tertiary/aromatic N) is 1. The zero-order valence-corrected chi connectivity index (χ0v) is 7.96. The molecule has 1 aromatic rings. The van der Waals surface area contributed by atoms with Gasteiger partial charge < -0.3 is 11.1 Å². The molecule has 0 saturated heterocycles. The van der Waals surface area contributed by atoms with Crippen LogP contribution in [0.15, 0.2) is 5.51 Å². The number of amides is 1. The number of anilines is 1. The van der Waals surface area contributed by atoms with E-state index in [0.717, 1.165) is 0 Å². The summed E-state index contributed by atoms with van der Waals surface area (Å²) < 4.78 is 0. The molecule has 3 N–H and O–H groups in total. The van der Waals surface area contributed by atoms with E-state index < -0.39 is 0 Å². The Morgan fingerprint density at radius 3 is 3.00 bits per heavy atom. The molecule has 1 heterocycles. The van der Waals surface area contributed by atoms with E-state index >= 15 is 0 Å². The van der Waals surface area contributed by atoms with Crippen molar-refractivity contribution in [1.82, 2.24) is 4.98 Å². The zero-order valence-electron chi connectivity index (χ0n) is 6.33. The predicted octanol–water partition coefficient (Wildman–Crippen LogP) is 0.736. The SMILES string of the molecule is CC(=O)Nc1scnc1C(N)=S. The lowest BCUT2D eigenvalue weighted by molar-refractivity contribution is -0.114. The monoisotopic (exact) mass is 201 g/mol. The third kappa shape index (κ3) is 1.99. The smallest absolute Gasteiger partial charge is 0.221 e. The lowest BCUT2D eigenvalue weighted by atomic mass is 10.4. The van der Waals surface area contributed by atoms with Crippen molar-refractivity contribution < 1.29 is 4.79 Å². The molecule has 0 radical (unpaired) electrons. The maximum absolute atomic E-state index is 10.7. The molecular weight excluding hydrogens is 194 g/mol. The van der Waals surface area contributed by atoms with E-state index in [9.17, 15) is 4.79 Å². The van der Waals surface area contributed by atoms with Gasteiger partial charge in [0.1, 0.15) is 15.7 Å². The third-order valence-electron chi connectivity index (χ3n) is 1.09. The first-order valence-corrected chi connectivity index (χ1v) is 4.41. The summed E-state index contributed by atoms with van der Waals surface area (Å²) in [5.41, 5.74) is 7.42. The summed E-state index contributed by atoms with van der Waals surface area (Å²) in [4.78, 5) is 14.8. The lowest BCUT2D eigenvalue weighted by Crippen LogP contribution is -2.14. The minimum atomic E-state index is -0.156. The Morgan fingerprint density at radius 1 is 1.83 bits per heavy atom. The van der Waals surface area contributed by atoms with Crippen LogP contribution in [0.1, 0.15) is 12.6 Å². The van der Waals surface area contributed by atoms with E-state index in [1.807, 2.05) is 0 Å². The van der Waals surface area contributed by atoms with Crippen LogP contribution < -0.4 is 11.1 Å². The highest BCUT2D eigenvalue weighted by Crippen LogP contribution is 2.19. The van der Waals surface area contributed by atoms with E-state index in [1.54, 1.807) is 5.51 Å². The van der Waals surface area contributed by atoms with Crippen LogP contribution in [0.25, 0.3) is 0 Å².